The molecule has 1 atom stereocenters. The third-order valence-corrected chi connectivity index (χ3v) is 10.2. The molecular weight excluding hydrogens is 805 g/mol. The van der Waals surface area contributed by atoms with Crippen molar-refractivity contribution in [1.82, 2.24) is 0 Å². The van der Waals surface area contributed by atoms with E-state index in [1.54, 1.807) is 0 Å². The van der Waals surface area contributed by atoms with Crippen molar-refractivity contribution >= 4 is 17.9 Å². The van der Waals surface area contributed by atoms with E-state index < -0.39 is 6.10 Å². The number of allylic oxidation sites excluding steroid dienone is 22. The molecule has 65 heavy (non-hydrogen) atoms. The number of hydrogen-bond donors (Lipinski definition) is 0. The second-order valence-corrected chi connectivity index (χ2v) is 16.5. The Balaban J connectivity index is 4.59. The molecule has 0 heterocycles. The second kappa shape index (κ2) is 52.2. The van der Waals surface area contributed by atoms with Gasteiger partial charge in [0.1, 0.15) is 13.2 Å². The lowest BCUT2D eigenvalue weighted by molar-refractivity contribution is -0.166. The summed E-state index contributed by atoms with van der Waals surface area (Å²) in [5, 5.41) is 0. The highest BCUT2D eigenvalue weighted by atomic mass is 16.6. The number of carbonyl (C=O) groups is 3. The minimum absolute atomic E-state index is 0.127. The van der Waals surface area contributed by atoms with Crippen LogP contribution in [-0.4, -0.2) is 37.2 Å². The molecule has 0 saturated heterocycles. The van der Waals surface area contributed by atoms with Crippen molar-refractivity contribution in [2.75, 3.05) is 13.2 Å². The van der Waals surface area contributed by atoms with Crippen LogP contribution in [0.25, 0.3) is 0 Å². The van der Waals surface area contributed by atoms with Gasteiger partial charge in [0.15, 0.2) is 6.10 Å². The van der Waals surface area contributed by atoms with E-state index in [0.29, 0.717) is 19.3 Å². The molecule has 0 rings (SSSR count). The zero-order valence-electron chi connectivity index (χ0n) is 41.4. The van der Waals surface area contributed by atoms with Crippen molar-refractivity contribution in [3.05, 3.63) is 134 Å². The van der Waals surface area contributed by atoms with Crippen LogP contribution in [-0.2, 0) is 28.6 Å². The topological polar surface area (TPSA) is 78.9 Å². The Morgan fingerprint density at radius 2 is 0.723 bits per heavy atom. The van der Waals surface area contributed by atoms with Gasteiger partial charge in [0.25, 0.3) is 0 Å². The molecular formula is C59H92O6. The maximum atomic E-state index is 12.8. The van der Waals surface area contributed by atoms with E-state index in [1.165, 1.54) is 44.9 Å². The lowest BCUT2D eigenvalue weighted by Gasteiger charge is -2.18. The molecule has 0 spiro atoms. The first-order valence-electron chi connectivity index (χ1n) is 25.8. The van der Waals surface area contributed by atoms with Crippen molar-refractivity contribution < 1.29 is 28.6 Å². The summed E-state index contributed by atoms with van der Waals surface area (Å²) >= 11 is 0. The summed E-state index contributed by atoms with van der Waals surface area (Å²) in [6.45, 7) is 6.30. The van der Waals surface area contributed by atoms with E-state index in [1.807, 2.05) is 42.5 Å². The van der Waals surface area contributed by atoms with E-state index in [0.717, 1.165) is 103 Å². The minimum atomic E-state index is -0.833. The number of rotatable bonds is 44. The summed E-state index contributed by atoms with van der Waals surface area (Å²) in [6, 6.07) is 0. The van der Waals surface area contributed by atoms with Gasteiger partial charge in [0.05, 0.1) is 0 Å². The van der Waals surface area contributed by atoms with Crippen LogP contribution in [0.4, 0.5) is 0 Å². The molecule has 6 nitrogen and oxygen atoms in total. The highest BCUT2D eigenvalue weighted by Crippen LogP contribution is 2.12. The first kappa shape index (κ1) is 60.5. The SMILES string of the molecule is CC/C=C/C/C=C/C/C=C/C/C=C/CCCCCC(=O)OC(COC(=O)CC/C=C/C/C=C/CCCCCCCC)COC(=O)CCCCCCC/C=C/C=C/C=C/C=C/C=C/CCC. The Morgan fingerprint density at radius 1 is 0.338 bits per heavy atom. The lowest BCUT2D eigenvalue weighted by atomic mass is 10.1. The van der Waals surface area contributed by atoms with E-state index >= 15 is 0 Å². The van der Waals surface area contributed by atoms with Crippen molar-refractivity contribution in [3.63, 3.8) is 0 Å². The Labute approximate surface area is 398 Å². The van der Waals surface area contributed by atoms with Crippen LogP contribution in [0, 0.1) is 0 Å². The summed E-state index contributed by atoms with van der Waals surface area (Å²) in [7, 11) is 0. The summed E-state index contributed by atoms with van der Waals surface area (Å²) < 4.78 is 16.7. The molecule has 0 aromatic carbocycles. The van der Waals surface area contributed by atoms with E-state index in [-0.39, 0.29) is 44.0 Å². The van der Waals surface area contributed by atoms with Crippen molar-refractivity contribution in [2.24, 2.45) is 0 Å². The van der Waals surface area contributed by atoms with Gasteiger partial charge in [-0.3, -0.25) is 14.4 Å². The largest absolute Gasteiger partial charge is 0.462 e. The fraction of sp³-hybridized carbons (Fsp3) is 0.576. The summed E-state index contributed by atoms with van der Waals surface area (Å²) in [6.07, 6.45) is 73.0. The number of carbonyl (C=O) groups excluding carboxylic acids is 3. The maximum Gasteiger partial charge on any atom is 0.306 e. The number of esters is 3. The zero-order chi connectivity index (χ0) is 47.2. The van der Waals surface area contributed by atoms with E-state index in [2.05, 4.69) is 112 Å². The first-order valence-corrected chi connectivity index (χ1v) is 25.8. The van der Waals surface area contributed by atoms with Gasteiger partial charge >= 0.3 is 17.9 Å². The average molecular weight is 897 g/mol. The Bertz CT molecular complexity index is 1450. The second-order valence-electron chi connectivity index (χ2n) is 16.5. The van der Waals surface area contributed by atoms with Crippen LogP contribution in [0.3, 0.4) is 0 Å². The van der Waals surface area contributed by atoms with Crippen LogP contribution in [0.15, 0.2) is 134 Å². The van der Waals surface area contributed by atoms with Crippen molar-refractivity contribution in [2.45, 2.75) is 207 Å². The fourth-order valence-electron chi connectivity index (χ4n) is 6.40. The van der Waals surface area contributed by atoms with Crippen LogP contribution < -0.4 is 0 Å². The summed E-state index contributed by atoms with van der Waals surface area (Å²) in [5.41, 5.74) is 0. The monoisotopic (exact) mass is 897 g/mol. The van der Waals surface area contributed by atoms with Crippen molar-refractivity contribution in [1.29, 1.82) is 0 Å². The third-order valence-electron chi connectivity index (χ3n) is 10.2. The molecule has 0 amide bonds. The van der Waals surface area contributed by atoms with Gasteiger partial charge in [-0.2, -0.15) is 0 Å². The molecule has 0 bridgehead atoms. The smallest absolute Gasteiger partial charge is 0.306 e. The summed E-state index contributed by atoms with van der Waals surface area (Å²) in [4.78, 5) is 38.0. The van der Waals surface area contributed by atoms with Crippen LogP contribution >= 0.6 is 0 Å². The maximum absolute atomic E-state index is 12.8. The Kier molecular flexibility index (Phi) is 48.6. The predicted molar refractivity (Wildman–Crippen MR) is 279 cm³/mol. The first-order chi connectivity index (χ1) is 32.0. The van der Waals surface area contributed by atoms with Gasteiger partial charge in [-0.1, -0.05) is 219 Å². The zero-order valence-corrected chi connectivity index (χ0v) is 41.4. The lowest BCUT2D eigenvalue weighted by Crippen LogP contribution is -2.30. The summed E-state index contributed by atoms with van der Waals surface area (Å²) in [5.74, 6) is -1.06. The molecule has 364 valence electrons. The fourth-order valence-corrected chi connectivity index (χ4v) is 6.40. The molecule has 0 N–H and O–H groups in total. The molecule has 0 fully saturated rings. The molecule has 0 aliphatic carbocycles. The highest BCUT2D eigenvalue weighted by molar-refractivity contribution is 5.71. The molecule has 0 aromatic rings. The average Bonchev–Trinajstić information content (AvgIpc) is 3.30. The number of ether oxygens (including phenoxy) is 3. The Hall–Kier alpha value is -4.45. The standard InChI is InChI=1S/C59H92O6/c1-4-7-10-13-16-19-22-25-27-29-30-32-34-37-40-43-46-49-52-58(61)64-55-56(54-63-57(60)51-48-45-42-39-36-33-24-21-18-15-12-9-6-3)65-59(62)53-50-47-44-41-38-35-31-28-26-23-20-17-14-11-8-5-2/h8,10-11,13,16-17,19-20,22,25-30,32-33,35-36,38,42,45,56H,4-7,9,12,14-15,18,21,23-24,31,34,37,39-41,43-44,46-55H2,1-3H3/b11-8+,13-10+,19-16+,20-17+,25-22+,28-26+,29-27+,32-30+,36-33+,38-35+,45-42+. The molecule has 0 radical (unpaired) electrons. The van der Waals surface area contributed by atoms with Gasteiger partial charge in [0.2, 0.25) is 0 Å². The van der Waals surface area contributed by atoms with E-state index in [9.17, 15) is 14.4 Å². The predicted octanol–water partition coefficient (Wildman–Crippen LogP) is 17.1. The highest BCUT2D eigenvalue weighted by Gasteiger charge is 2.19. The molecule has 1 unspecified atom stereocenters. The van der Waals surface area contributed by atoms with Gasteiger partial charge < -0.3 is 14.2 Å². The van der Waals surface area contributed by atoms with Gasteiger partial charge in [-0.05, 0) is 96.3 Å². The number of hydrogen-bond acceptors (Lipinski definition) is 6. The molecule has 6 heteroatoms. The number of unbranched alkanes of at least 4 members (excludes halogenated alkanes) is 15. The minimum Gasteiger partial charge on any atom is -0.462 e. The third kappa shape index (κ3) is 50.4. The molecule has 0 saturated carbocycles. The van der Waals surface area contributed by atoms with Gasteiger partial charge in [-0.25, -0.2) is 0 Å². The normalized spacial score (nSPS) is 13.2. The Morgan fingerprint density at radius 3 is 1.25 bits per heavy atom. The van der Waals surface area contributed by atoms with Gasteiger partial charge in [-0.15, -0.1) is 0 Å². The quantitative estimate of drug-likeness (QED) is 0.0199. The van der Waals surface area contributed by atoms with Crippen molar-refractivity contribution in [3.8, 4) is 0 Å². The van der Waals surface area contributed by atoms with Crippen LogP contribution in [0.1, 0.15) is 201 Å². The van der Waals surface area contributed by atoms with E-state index in [4.69, 9.17) is 14.2 Å². The molecule has 0 aliphatic heterocycles. The molecule has 0 aliphatic rings. The van der Waals surface area contributed by atoms with Crippen LogP contribution in [0.5, 0.6) is 0 Å². The van der Waals surface area contributed by atoms with Gasteiger partial charge in [0, 0.05) is 19.3 Å². The molecule has 0 aromatic heterocycles. The van der Waals surface area contributed by atoms with Crippen LogP contribution in [0.2, 0.25) is 0 Å².